The van der Waals surface area contributed by atoms with Crippen molar-refractivity contribution in [3.63, 3.8) is 0 Å². The van der Waals surface area contributed by atoms with Crippen LogP contribution in [0.3, 0.4) is 0 Å². The number of carbonyl (C=O) groups excluding carboxylic acids is 1. The molecule has 0 aromatic heterocycles. The molecule has 1 fully saturated rings. The predicted molar refractivity (Wildman–Crippen MR) is 72.1 cm³/mol. The van der Waals surface area contributed by atoms with E-state index >= 15 is 0 Å². The second-order valence-corrected chi connectivity index (χ2v) is 5.19. The molecule has 2 rings (SSSR count). The lowest BCUT2D eigenvalue weighted by Crippen LogP contribution is -2.60. The maximum Gasteiger partial charge on any atom is 0.274 e. The Morgan fingerprint density at radius 1 is 1.55 bits per heavy atom. The molecule has 7 heteroatoms. The predicted octanol–water partition coefficient (Wildman–Crippen LogP) is 0.650. The van der Waals surface area contributed by atoms with Crippen LogP contribution in [0.5, 0.6) is 0 Å². The number of benzene rings is 1. The first-order chi connectivity index (χ1) is 9.34. The van der Waals surface area contributed by atoms with E-state index in [9.17, 15) is 20.0 Å². The first-order valence-electron chi connectivity index (χ1n) is 6.36. The van der Waals surface area contributed by atoms with Gasteiger partial charge in [-0.25, -0.2) is 0 Å². The van der Waals surface area contributed by atoms with Crippen molar-refractivity contribution in [3.8, 4) is 0 Å². The molecule has 0 atom stereocenters. The van der Waals surface area contributed by atoms with Crippen LogP contribution in [0.25, 0.3) is 0 Å². The molecule has 1 aromatic carbocycles. The Labute approximate surface area is 116 Å². The molecule has 1 aliphatic rings. The Balaban J connectivity index is 2.16. The summed E-state index contributed by atoms with van der Waals surface area (Å²) in [7, 11) is 0. The summed E-state index contributed by atoms with van der Waals surface area (Å²) in [4.78, 5) is 23.5. The number of β-amino-alcohol motifs (C(OH)–C–C–N with tert-alkyl or cyclic N) is 1. The van der Waals surface area contributed by atoms with Gasteiger partial charge in [0.05, 0.1) is 10.5 Å². The summed E-state index contributed by atoms with van der Waals surface area (Å²) < 4.78 is 0. The van der Waals surface area contributed by atoms with E-state index in [0.717, 1.165) is 0 Å². The van der Waals surface area contributed by atoms with E-state index in [1.807, 2.05) is 11.8 Å². The Bertz CT molecular complexity index is 553. The van der Waals surface area contributed by atoms with Gasteiger partial charge in [0.25, 0.3) is 5.69 Å². The monoisotopic (exact) mass is 279 g/mol. The minimum absolute atomic E-state index is 0.117. The van der Waals surface area contributed by atoms with Crippen LogP contribution in [0, 0.1) is 10.1 Å². The van der Waals surface area contributed by atoms with Crippen molar-refractivity contribution in [2.24, 2.45) is 5.73 Å². The second kappa shape index (κ2) is 5.18. The SMILES string of the molecule is CCC1(O)CN(Cc2ccc(C(N)=O)cc2[N+](=O)[O-])C1. The van der Waals surface area contributed by atoms with Gasteiger partial charge in [-0.05, 0) is 12.5 Å². The molecule has 20 heavy (non-hydrogen) atoms. The fourth-order valence-electron chi connectivity index (χ4n) is 2.38. The number of nitrogens with two attached hydrogens (primary N) is 1. The fourth-order valence-corrected chi connectivity index (χ4v) is 2.38. The van der Waals surface area contributed by atoms with Crippen molar-refractivity contribution in [2.45, 2.75) is 25.5 Å². The van der Waals surface area contributed by atoms with Crippen LogP contribution in [0.15, 0.2) is 18.2 Å². The Kier molecular flexibility index (Phi) is 3.74. The molecule has 1 aromatic rings. The quantitative estimate of drug-likeness (QED) is 0.607. The topological polar surface area (TPSA) is 110 Å². The molecule has 0 unspecified atom stereocenters. The first-order valence-corrected chi connectivity index (χ1v) is 6.36. The van der Waals surface area contributed by atoms with Crippen LogP contribution in [-0.4, -0.2) is 39.5 Å². The Morgan fingerprint density at radius 3 is 2.70 bits per heavy atom. The number of amides is 1. The van der Waals surface area contributed by atoms with E-state index in [1.54, 1.807) is 6.07 Å². The first kappa shape index (κ1) is 14.4. The van der Waals surface area contributed by atoms with Crippen molar-refractivity contribution in [1.29, 1.82) is 0 Å². The van der Waals surface area contributed by atoms with E-state index in [2.05, 4.69) is 0 Å². The number of rotatable bonds is 5. The van der Waals surface area contributed by atoms with Crippen molar-refractivity contribution in [1.82, 2.24) is 4.90 Å². The van der Waals surface area contributed by atoms with Crippen LogP contribution in [0.1, 0.15) is 29.3 Å². The zero-order valence-corrected chi connectivity index (χ0v) is 11.2. The van der Waals surface area contributed by atoms with Crippen LogP contribution < -0.4 is 5.73 Å². The fraction of sp³-hybridized carbons (Fsp3) is 0.462. The molecule has 0 saturated carbocycles. The molecule has 7 nitrogen and oxygen atoms in total. The number of primary amides is 1. The molecule has 0 spiro atoms. The van der Waals surface area contributed by atoms with Gasteiger partial charge in [0.2, 0.25) is 5.91 Å². The molecule has 0 bridgehead atoms. The third-order valence-corrected chi connectivity index (χ3v) is 3.65. The van der Waals surface area contributed by atoms with Crippen molar-refractivity contribution in [2.75, 3.05) is 13.1 Å². The number of hydrogen-bond acceptors (Lipinski definition) is 5. The summed E-state index contributed by atoms with van der Waals surface area (Å²) in [5, 5.41) is 21.0. The highest BCUT2D eigenvalue weighted by Gasteiger charge is 2.39. The summed E-state index contributed by atoms with van der Waals surface area (Å²) in [5.74, 6) is -0.691. The van der Waals surface area contributed by atoms with Gasteiger partial charge in [-0.15, -0.1) is 0 Å². The van der Waals surface area contributed by atoms with Crippen molar-refractivity contribution < 1.29 is 14.8 Å². The lowest BCUT2D eigenvalue weighted by Gasteiger charge is -2.46. The number of aliphatic hydroxyl groups is 1. The van der Waals surface area contributed by atoms with Gasteiger partial charge in [0.15, 0.2) is 0 Å². The largest absolute Gasteiger partial charge is 0.387 e. The maximum absolute atomic E-state index is 11.1. The number of likely N-dealkylation sites (tertiary alicyclic amines) is 1. The number of hydrogen-bond donors (Lipinski definition) is 2. The summed E-state index contributed by atoms with van der Waals surface area (Å²) in [5.41, 5.74) is 4.96. The standard InChI is InChI=1S/C13H17N3O4/c1-2-13(18)7-15(8-13)6-10-4-3-9(12(14)17)5-11(10)16(19)20/h3-5,18H,2,6-8H2,1H3,(H2,14,17). The van der Waals surface area contributed by atoms with Gasteiger partial charge in [-0.1, -0.05) is 13.0 Å². The lowest BCUT2D eigenvalue weighted by molar-refractivity contribution is -0.385. The van der Waals surface area contributed by atoms with Gasteiger partial charge in [0.1, 0.15) is 0 Å². The summed E-state index contributed by atoms with van der Waals surface area (Å²) in [6.07, 6.45) is 0.659. The highest BCUT2D eigenvalue weighted by atomic mass is 16.6. The number of carbonyl (C=O) groups is 1. The lowest BCUT2D eigenvalue weighted by atomic mass is 9.91. The number of nitro groups is 1. The molecular weight excluding hydrogens is 262 g/mol. The maximum atomic E-state index is 11.1. The zero-order valence-electron chi connectivity index (χ0n) is 11.2. The minimum Gasteiger partial charge on any atom is -0.387 e. The Hall–Kier alpha value is -1.99. The average molecular weight is 279 g/mol. The molecule has 3 N–H and O–H groups in total. The molecule has 108 valence electrons. The highest BCUT2D eigenvalue weighted by molar-refractivity contribution is 5.93. The molecule has 0 aliphatic carbocycles. The molecule has 1 amide bonds. The third kappa shape index (κ3) is 2.78. The zero-order chi connectivity index (χ0) is 14.9. The number of nitro benzene ring substituents is 1. The summed E-state index contributed by atoms with van der Waals surface area (Å²) >= 11 is 0. The average Bonchev–Trinajstić information content (AvgIpc) is 2.36. The van der Waals surface area contributed by atoms with E-state index in [4.69, 9.17) is 5.73 Å². The molecule has 1 aliphatic heterocycles. The van der Waals surface area contributed by atoms with Crippen LogP contribution in [0.4, 0.5) is 5.69 Å². The molecule has 0 radical (unpaired) electrons. The Morgan fingerprint density at radius 2 is 2.20 bits per heavy atom. The van der Waals surface area contributed by atoms with Crippen LogP contribution >= 0.6 is 0 Å². The van der Waals surface area contributed by atoms with E-state index < -0.39 is 16.4 Å². The third-order valence-electron chi connectivity index (χ3n) is 3.65. The van der Waals surface area contributed by atoms with Crippen LogP contribution in [-0.2, 0) is 6.54 Å². The van der Waals surface area contributed by atoms with Crippen molar-refractivity contribution in [3.05, 3.63) is 39.4 Å². The van der Waals surface area contributed by atoms with Gasteiger partial charge in [-0.3, -0.25) is 19.8 Å². The minimum atomic E-state index is -0.691. The van der Waals surface area contributed by atoms with Gasteiger partial charge >= 0.3 is 0 Å². The van der Waals surface area contributed by atoms with E-state index in [1.165, 1.54) is 12.1 Å². The van der Waals surface area contributed by atoms with Gasteiger partial charge < -0.3 is 10.8 Å². The number of nitrogens with zero attached hydrogens (tertiary/aromatic N) is 2. The summed E-state index contributed by atoms with van der Waals surface area (Å²) in [6.45, 7) is 3.27. The van der Waals surface area contributed by atoms with Gasteiger partial charge in [-0.2, -0.15) is 0 Å². The van der Waals surface area contributed by atoms with E-state index in [0.29, 0.717) is 31.6 Å². The summed E-state index contributed by atoms with van der Waals surface area (Å²) in [6, 6.07) is 4.22. The molecule has 1 saturated heterocycles. The van der Waals surface area contributed by atoms with Crippen molar-refractivity contribution >= 4 is 11.6 Å². The molecular formula is C13H17N3O4. The second-order valence-electron chi connectivity index (χ2n) is 5.19. The molecule has 1 heterocycles. The van der Waals surface area contributed by atoms with Gasteiger partial charge in [0, 0.05) is 36.8 Å². The highest BCUT2D eigenvalue weighted by Crippen LogP contribution is 2.29. The van der Waals surface area contributed by atoms with Crippen LogP contribution in [0.2, 0.25) is 0 Å². The smallest absolute Gasteiger partial charge is 0.274 e. The normalized spacial score (nSPS) is 17.5. The van der Waals surface area contributed by atoms with E-state index in [-0.39, 0.29) is 11.3 Å².